The van der Waals surface area contributed by atoms with E-state index in [2.05, 4.69) is 10.2 Å². The van der Waals surface area contributed by atoms with Crippen molar-refractivity contribution in [1.29, 1.82) is 0 Å². The molecule has 32 heavy (non-hydrogen) atoms. The van der Waals surface area contributed by atoms with Crippen LogP contribution in [0.25, 0.3) is 11.5 Å². The Morgan fingerprint density at radius 1 is 1.00 bits per heavy atom. The third-order valence-electron chi connectivity index (χ3n) is 6.27. The molecule has 1 aromatic heterocycles. The van der Waals surface area contributed by atoms with E-state index in [0.717, 1.165) is 25.0 Å². The molecule has 2 fully saturated rings. The van der Waals surface area contributed by atoms with Crippen LogP contribution in [0.5, 0.6) is 0 Å². The van der Waals surface area contributed by atoms with Crippen molar-refractivity contribution in [2.24, 2.45) is 5.92 Å². The molecule has 1 atom stereocenters. The number of hydrogen-bond donors (Lipinski definition) is 0. The van der Waals surface area contributed by atoms with Crippen LogP contribution in [-0.4, -0.2) is 58.0 Å². The highest BCUT2D eigenvalue weighted by Gasteiger charge is 2.34. The van der Waals surface area contributed by atoms with Gasteiger partial charge in [-0.3, -0.25) is 9.59 Å². The fourth-order valence-corrected chi connectivity index (χ4v) is 4.40. The summed E-state index contributed by atoms with van der Waals surface area (Å²) in [6.45, 7) is 3.88. The smallest absolute Gasteiger partial charge is 0.416 e. The summed E-state index contributed by atoms with van der Waals surface area (Å²) in [6.07, 6.45) is -1.47. The lowest BCUT2D eigenvalue weighted by atomic mass is 9.92. The van der Waals surface area contributed by atoms with Crippen LogP contribution in [0.3, 0.4) is 0 Å². The molecule has 7 nitrogen and oxygen atoms in total. The van der Waals surface area contributed by atoms with Crippen LogP contribution in [-0.2, 0) is 15.8 Å². The summed E-state index contributed by atoms with van der Waals surface area (Å²) in [4.78, 5) is 28.1. The van der Waals surface area contributed by atoms with Gasteiger partial charge in [-0.1, -0.05) is 0 Å². The molecule has 2 aliphatic rings. The molecule has 4 rings (SSSR count). The number of amides is 2. The summed E-state index contributed by atoms with van der Waals surface area (Å²) in [5.41, 5.74) is -0.325. The van der Waals surface area contributed by atoms with Gasteiger partial charge in [0.05, 0.1) is 11.5 Å². The predicted octanol–water partition coefficient (Wildman–Crippen LogP) is 3.72. The largest absolute Gasteiger partial charge is 0.420 e. The molecular formula is C22H25F3N4O3. The molecule has 2 aliphatic heterocycles. The second kappa shape index (κ2) is 8.91. The summed E-state index contributed by atoms with van der Waals surface area (Å²) in [6, 6.07) is 4.59. The fraction of sp³-hybridized carbons (Fsp3) is 0.545. The molecule has 10 heteroatoms. The van der Waals surface area contributed by atoms with Gasteiger partial charge in [0.2, 0.25) is 23.6 Å². The van der Waals surface area contributed by atoms with E-state index in [1.807, 2.05) is 4.90 Å². The average molecular weight is 450 g/mol. The van der Waals surface area contributed by atoms with E-state index in [1.165, 1.54) is 12.1 Å². The Bertz CT molecular complexity index is 966. The zero-order valence-corrected chi connectivity index (χ0v) is 17.8. The number of piperidine rings is 2. The lowest BCUT2D eigenvalue weighted by Crippen LogP contribution is -2.46. The number of halogens is 3. The Morgan fingerprint density at radius 3 is 2.31 bits per heavy atom. The quantitative estimate of drug-likeness (QED) is 0.712. The predicted molar refractivity (Wildman–Crippen MR) is 108 cm³/mol. The first-order valence-corrected chi connectivity index (χ1v) is 10.8. The Labute approximate surface area is 183 Å². The number of carbonyl (C=O) groups excluding carboxylic acids is 2. The Kier molecular flexibility index (Phi) is 6.21. The van der Waals surface area contributed by atoms with Gasteiger partial charge in [-0.2, -0.15) is 13.2 Å². The Hall–Kier alpha value is -2.91. The highest BCUT2D eigenvalue weighted by Crippen LogP contribution is 2.33. The van der Waals surface area contributed by atoms with E-state index in [-0.39, 0.29) is 29.5 Å². The SMILES string of the molecule is CC(=O)N1CCC(C(=O)N2CCCC(c3nnc(-c4ccc(C(F)(F)F)cc4)o3)C2)CC1. The summed E-state index contributed by atoms with van der Waals surface area (Å²) in [5.74, 6) is 0.489. The minimum atomic E-state index is -4.40. The summed E-state index contributed by atoms with van der Waals surface area (Å²) in [7, 11) is 0. The van der Waals surface area contributed by atoms with E-state index in [1.54, 1.807) is 11.8 Å². The van der Waals surface area contributed by atoms with E-state index in [4.69, 9.17) is 4.42 Å². The van der Waals surface area contributed by atoms with Crippen LogP contribution in [0.1, 0.15) is 50.0 Å². The number of carbonyl (C=O) groups is 2. The standard InChI is InChI=1S/C22H25F3N4O3/c1-14(30)28-11-8-16(9-12-28)21(31)29-10-2-3-17(13-29)20-27-26-19(32-20)15-4-6-18(7-5-15)22(23,24)25/h4-7,16-17H,2-3,8-13H2,1H3. The van der Waals surface area contributed by atoms with Crippen LogP contribution in [0.4, 0.5) is 13.2 Å². The lowest BCUT2D eigenvalue weighted by Gasteiger charge is -2.36. The number of benzene rings is 1. The molecule has 0 aliphatic carbocycles. The number of rotatable bonds is 3. The molecule has 2 amide bonds. The number of hydrogen-bond acceptors (Lipinski definition) is 5. The Morgan fingerprint density at radius 2 is 1.69 bits per heavy atom. The van der Waals surface area contributed by atoms with E-state index < -0.39 is 11.7 Å². The second-order valence-electron chi connectivity index (χ2n) is 8.42. The maximum atomic E-state index is 13.0. The topological polar surface area (TPSA) is 79.5 Å². The summed E-state index contributed by atoms with van der Waals surface area (Å²) >= 11 is 0. The summed E-state index contributed by atoms with van der Waals surface area (Å²) < 4.78 is 44.0. The van der Waals surface area contributed by atoms with Crippen molar-refractivity contribution in [3.8, 4) is 11.5 Å². The highest BCUT2D eigenvalue weighted by molar-refractivity contribution is 5.80. The molecule has 2 saturated heterocycles. The number of aromatic nitrogens is 2. The third kappa shape index (κ3) is 4.78. The maximum absolute atomic E-state index is 13.0. The number of likely N-dealkylation sites (tertiary alicyclic amines) is 2. The van der Waals surface area contributed by atoms with Gasteiger partial charge in [-0.05, 0) is 49.9 Å². The van der Waals surface area contributed by atoms with E-state index in [9.17, 15) is 22.8 Å². The van der Waals surface area contributed by atoms with Gasteiger partial charge >= 0.3 is 6.18 Å². The van der Waals surface area contributed by atoms with Crippen molar-refractivity contribution in [3.63, 3.8) is 0 Å². The normalized spacial score (nSPS) is 20.4. The molecule has 3 heterocycles. The van der Waals surface area contributed by atoms with Gasteiger partial charge in [-0.15, -0.1) is 10.2 Å². The van der Waals surface area contributed by atoms with Crippen molar-refractivity contribution < 1.29 is 27.2 Å². The fourth-order valence-electron chi connectivity index (χ4n) is 4.40. The van der Waals surface area contributed by atoms with Crippen LogP contribution in [0.2, 0.25) is 0 Å². The van der Waals surface area contributed by atoms with Gasteiger partial charge in [-0.25, -0.2) is 0 Å². The lowest BCUT2D eigenvalue weighted by molar-refractivity contribution is -0.141. The Balaban J connectivity index is 1.39. The molecule has 1 unspecified atom stereocenters. The van der Waals surface area contributed by atoms with Crippen molar-refractivity contribution in [1.82, 2.24) is 20.0 Å². The van der Waals surface area contributed by atoms with E-state index in [0.29, 0.717) is 50.5 Å². The highest BCUT2D eigenvalue weighted by atomic mass is 19.4. The van der Waals surface area contributed by atoms with Crippen molar-refractivity contribution in [3.05, 3.63) is 35.7 Å². The van der Waals surface area contributed by atoms with E-state index >= 15 is 0 Å². The van der Waals surface area contributed by atoms with Crippen molar-refractivity contribution in [2.45, 2.75) is 44.7 Å². The molecule has 0 saturated carbocycles. The molecule has 172 valence electrons. The molecule has 0 radical (unpaired) electrons. The maximum Gasteiger partial charge on any atom is 0.416 e. The average Bonchev–Trinajstić information content (AvgIpc) is 3.29. The van der Waals surface area contributed by atoms with Gasteiger partial charge in [0, 0.05) is 44.6 Å². The minimum absolute atomic E-state index is 0.0363. The zero-order valence-electron chi connectivity index (χ0n) is 17.8. The summed E-state index contributed by atoms with van der Waals surface area (Å²) in [5, 5.41) is 8.10. The first-order chi connectivity index (χ1) is 15.2. The van der Waals surface area contributed by atoms with Crippen LogP contribution in [0, 0.1) is 5.92 Å². The first-order valence-electron chi connectivity index (χ1n) is 10.8. The molecule has 0 N–H and O–H groups in total. The second-order valence-corrected chi connectivity index (χ2v) is 8.42. The molecule has 0 bridgehead atoms. The van der Waals surface area contributed by atoms with Gasteiger partial charge in [0.1, 0.15) is 0 Å². The first kappa shape index (κ1) is 22.3. The molecule has 2 aromatic rings. The number of nitrogens with zero attached hydrogens (tertiary/aromatic N) is 4. The minimum Gasteiger partial charge on any atom is -0.420 e. The molecule has 0 spiro atoms. The van der Waals surface area contributed by atoms with Crippen LogP contribution in [0.15, 0.2) is 28.7 Å². The molecule has 1 aromatic carbocycles. The third-order valence-corrected chi connectivity index (χ3v) is 6.27. The van der Waals surface area contributed by atoms with Crippen LogP contribution < -0.4 is 0 Å². The molecular weight excluding hydrogens is 425 g/mol. The number of alkyl halides is 3. The van der Waals surface area contributed by atoms with Gasteiger partial charge < -0.3 is 14.2 Å². The van der Waals surface area contributed by atoms with Crippen molar-refractivity contribution in [2.75, 3.05) is 26.2 Å². The zero-order chi connectivity index (χ0) is 22.9. The van der Waals surface area contributed by atoms with Crippen LogP contribution >= 0.6 is 0 Å². The van der Waals surface area contributed by atoms with Crippen molar-refractivity contribution >= 4 is 11.8 Å². The monoisotopic (exact) mass is 450 g/mol. The van der Waals surface area contributed by atoms with Gasteiger partial charge in [0.25, 0.3) is 0 Å². The van der Waals surface area contributed by atoms with Gasteiger partial charge in [0.15, 0.2) is 0 Å².